The van der Waals surface area contributed by atoms with Crippen molar-refractivity contribution in [2.75, 3.05) is 26.2 Å². The molecule has 122 valence electrons. The van der Waals surface area contributed by atoms with Crippen LogP contribution in [0.15, 0.2) is 30.3 Å². The summed E-state index contributed by atoms with van der Waals surface area (Å²) in [6.45, 7) is 3.47. The molecular formula is C18H23N3O2. The van der Waals surface area contributed by atoms with Gasteiger partial charge in [-0.15, -0.1) is 0 Å². The Balaban J connectivity index is 1.40. The van der Waals surface area contributed by atoms with Crippen LogP contribution < -0.4 is 5.32 Å². The minimum absolute atomic E-state index is 0.0316. The van der Waals surface area contributed by atoms with Crippen molar-refractivity contribution in [3.05, 3.63) is 36.0 Å². The molecule has 1 aromatic carbocycles. The van der Waals surface area contributed by atoms with Crippen LogP contribution in [0.3, 0.4) is 0 Å². The summed E-state index contributed by atoms with van der Waals surface area (Å²) in [4.78, 5) is 15.0. The highest BCUT2D eigenvalue weighted by molar-refractivity contribution is 5.98. The van der Waals surface area contributed by atoms with E-state index < -0.39 is 0 Å². The molecule has 5 nitrogen and oxygen atoms in total. The van der Waals surface area contributed by atoms with Crippen LogP contribution in [0.1, 0.15) is 23.3 Å². The molecule has 2 aliphatic heterocycles. The lowest BCUT2D eigenvalue weighted by atomic mass is 10.2. The third kappa shape index (κ3) is 2.75. The second-order valence-corrected chi connectivity index (χ2v) is 6.60. The van der Waals surface area contributed by atoms with Gasteiger partial charge in [0.2, 0.25) is 0 Å². The summed E-state index contributed by atoms with van der Waals surface area (Å²) in [6, 6.07) is 10.6. The van der Waals surface area contributed by atoms with Crippen LogP contribution in [0.4, 0.5) is 0 Å². The Bertz CT molecular complexity index is 724. The summed E-state index contributed by atoms with van der Waals surface area (Å²) in [7, 11) is 1.93. The van der Waals surface area contributed by atoms with E-state index in [4.69, 9.17) is 4.74 Å². The lowest BCUT2D eigenvalue weighted by molar-refractivity contribution is -0.0462. The fourth-order valence-corrected chi connectivity index (χ4v) is 3.81. The van der Waals surface area contributed by atoms with Crippen LogP contribution in [0.25, 0.3) is 10.9 Å². The Morgan fingerprint density at radius 1 is 1.39 bits per heavy atom. The molecular weight excluding hydrogens is 290 g/mol. The molecule has 2 atom stereocenters. The largest absolute Gasteiger partial charge is 0.373 e. The molecule has 0 bridgehead atoms. The van der Waals surface area contributed by atoms with E-state index in [-0.39, 0.29) is 12.0 Å². The molecule has 23 heavy (non-hydrogen) atoms. The van der Waals surface area contributed by atoms with Gasteiger partial charge in [0.25, 0.3) is 5.91 Å². The third-order valence-electron chi connectivity index (χ3n) is 5.14. The van der Waals surface area contributed by atoms with Crippen molar-refractivity contribution < 1.29 is 9.53 Å². The van der Waals surface area contributed by atoms with Crippen LogP contribution in [0.2, 0.25) is 0 Å². The number of nitrogens with one attached hydrogen (secondary N) is 1. The highest BCUT2D eigenvalue weighted by Crippen LogP contribution is 2.22. The first-order valence-corrected chi connectivity index (χ1v) is 8.40. The first kappa shape index (κ1) is 14.7. The SMILES string of the molecule is Cn1c(C(=O)NC[C@H]2CN3CCC[C@@H]3CO2)cc2ccccc21. The predicted molar refractivity (Wildman–Crippen MR) is 89.6 cm³/mol. The van der Waals surface area contributed by atoms with E-state index in [1.54, 1.807) is 0 Å². The average molecular weight is 313 g/mol. The van der Waals surface area contributed by atoms with Crippen molar-refractivity contribution in [1.29, 1.82) is 0 Å². The van der Waals surface area contributed by atoms with Crippen LogP contribution in [0.5, 0.6) is 0 Å². The van der Waals surface area contributed by atoms with E-state index in [1.807, 2.05) is 41.9 Å². The van der Waals surface area contributed by atoms with Crippen molar-refractivity contribution >= 4 is 16.8 Å². The lowest BCUT2D eigenvalue weighted by Gasteiger charge is -2.35. The van der Waals surface area contributed by atoms with Gasteiger partial charge < -0.3 is 14.6 Å². The highest BCUT2D eigenvalue weighted by Gasteiger charge is 2.32. The molecule has 1 amide bonds. The maximum Gasteiger partial charge on any atom is 0.268 e. The number of aryl methyl sites for hydroxylation is 1. The van der Waals surface area contributed by atoms with Crippen molar-refractivity contribution in [1.82, 2.24) is 14.8 Å². The van der Waals surface area contributed by atoms with E-state index >= 15 is 0 Å². The maximum absolute atomic E-state index is 12.5. The average Bonchev–Trinajstić information content (AvgIpc) is 3.17. The number of amides is 1. The standard InChI is InChI=1S/C18H23N3O2/c1-20-16-7-3-2-5-13(16)9-17(20)18(22)19-10-15-11-21-8-4-6-14(21)12-23-15/h2-3,5,7,9,14-15H,4,6,8,10-12H2,1H3,(H,19,22)/t14-,15+/m1/s1. The zero-order valence-corrected chi connectivity index (χ0v) is 13.5. The number of hydrogen-bond donors (Lipinski definition) is 1. The number of carbonyl (C=O) groups is 1. The van der Waals surface area contributed by atoms with Crippen molar-refractivity contribution in [2.24, 2.45) is 7.05 Å². The van der Waals surface area contributed by atoms with Gasteiger partial charge in [-0.05, 0) is 31.5 Å². The summed E-state index contributed by atoms with van der Waals surface area (Å²) >= 11 is 0. The lowest BCUT2D eigenvalue weighted by Crippen LogP contribution is -2.50. The van der Waals surface area contributed by atoms with E-state index in [1.165, 1.54) is 19.4 Å². The molecule has 2 saturated heterocycles. The number of benzene rings is 1. The van der Waals surface area contributed by atoms with Crippen LogP contribution in [-0.4, -0.2) is 53.8 Å². The monoisotopic (exact) mass is 313 g/mol. The number of carbonyl (C=O) groups excluding carboxylic acids is 1. The molecule has 2 aliphatic rings. The fourth-order valence-electron chi connectivity index (χ4n) is 3.81. The Labute approximate surface area is 136 Å². The van der Waals surface area contributed by atoms with Gasteiger partial charge >= 0.3 is 0 Å². The number of fused-ring (bicyclic) bond motifs is 2. The van der Waals surface area contributed by atoms with Gasteiger partial charge in [-0.3, -0.25) is 9.69 Å². The normalized spacial score (nSPS) is 24.7. The Morgan fingerprint density at radius 3 is 3.13 bits per heavy atom. The van der Waals surface area contributed by atoms with E-state index in [9.17, 15) is 4.79 Å². The number of rotatable bonds is 3. The second-order valence-electron chi connectivity index (χ2n) is 6.60. The summed E-state index contributed by atoms with van der Waals surface area (Å²) in [6.07, 6.45) is 2.61. The van der Waals surface area contributed by atoms with Gasteiger partial charge in [-0.2, -0.15) is 0 Å². The number of aromatic nitrogens is 1. The number of ether oxygens (including phenoxy) is 1. The third-order valence-corrected chi connectivity index (χ3v) is 5.14. The molecule has 5 heteroatoms. The van der Waals surface area contributed by atoms with E-state index in [2.05, 4.69) is 10.2 Å². The topological polar surface area (TPSA) is 46.5 Å². The molecule has 0 radical (unpaired) electrons. The molecule has 0 spiro atoms. The molecule has 2 aromatic rings. The first-order chi connectivity index (χ1) is 11.2. The highest BCUT2D eigenvalue weighted by atomic mass is 16.5. The van der Waals surface area contributed by atoms with Crippen molar-refractivity contribution in [3.63, 3.8) is 0 Å². The van der Waals surface area contributed by atoms with Crippen molar-refractivity contribution in [2.45, 2.75) is 25.0 Å². The summed E-state index contributed by atoms with van der Waals surface area (Å²) < 4.78 is 7.85. The Hall–Kier alpha value is -1.85. The molecule has 1 aromatic heterocycles. The maximum atomic E-state index is 12.5. The molecule has 3 heterocycles. The molecule has 1 N–H and O–H groups in total. The molecule has 4 rings (SSSR count). The molecule has 0 unspecified atom stereocenters. The van der Waals surface area contributed by atoms with Gasteiger partial charge in [0.1, 0.15) is 5.69 Å². The summed E-state index contributed by atoms with van der Waals surface area (Å²) in [5.41, 5.74) is 1.77. The molecule has 0 saturated carbocycles. The van der Waals surface area contributed by atoms with Gasteiger partial charge in [0.05, 0.1) is 12.7 Å². The second kappa shape index (κ2) is 5.98. The van der Waals surface area contributed by atoms with Crippen LogP contribution in [0, 0.1) is 0 Å². The van der Waals surface area contributed by atoms with E-state index in [0.29, 0.717) is 18.3 Å². The Morgan fingerprint density at radius 2 is 2.26 bits per heavy atom. The van der Waals surface area contributed by atoms with Gasteiger partial charge in [0, 0.05) is 37.1 Å². The molecule has 0 aliphatic carbocycles. The van der Waals surface area contributed by atoms with Gasteiger partial charge in [-0.1, -0.05) is 18.2 Å². The predicted octanol–water partition coefficient (Wildman–Crippen LogP) is 1.77. The van der Waals surface area contributed by atoms with Gasteiger partial charge in [0.15, 0.2) is 0 Å². The van der Waals surface area contributed by atoms with Gasteiger partial charge in [-0.25, -0.2) is 0 Å². The smallest absolute Gasteiger partial charge is 0.268 e. The van der Waals surface area contributed by atoms with Crippen LogP contribution >= 0.6 is 0 Å². The number of hydrogen-bond acceptors (Lipinski definition) is 3. The zero-order chi connectivity index (χ0) is 15.8. The molecule has 2 fully saturated rings. The van der Waals surface area contributed by atoms with Crippen LogP contribution in [-0.2, 0) is 11.8 Å². The van der Waals surface area contributed by atoms with E-state index in [0.717, 1.165) is 24.1 Å². The number of nitrogens with zero attached hydrogens (tertiary/aromatic N) is 2. The minimum atomic E-state index is -0.0316. The quantitative estimate of drug-likeness (QED) is 0.939. The summed E-state index contributed by atoms with van der Waals surface area (Å²) in [5, 5.41) is 4.13. The summed E-state index contributed by atoms with van der Waals surface area (Å²) in [5.74, 6) is -0.0316. The minimum Gasteiger partial charge on any atom is -0.373 e. The first-order valence-electron chi connectivity index (χ1n) is 8.40. The Kier molecular flexibility index (Phi) is 3.83. The fraction of sp³-hybridized carbons (Fsp3) is 0.500. The van der Waals surface area contributed by atoms with Crippen molar-refractivity contribution in [3.8, 4) is 0 Å². The number of para-hydroxylation sites is 1. The zero-order valence-electron chi connectivity index (χ0n) is 13.5. The number of morpholine rings is 1.